The van der Waals surface area contributed by atoms with E-state index >= 15 is 0 Å². The van der Waals surface area contributed by atoms with Gasteiger partial charge in [-0.25, -0.2) is 4.79 Å². The molecule has 1 N–H and O–H groups in total. The first-order chi connectivity index (χ1) is 13.8. The van der Waals surface area contributed by atoms with Crippen molar-refractivity contribution in [2.75, 3.05) is 11.9 Å². The first-order valence-electron chi connectivity index (χ1n) is 9.54. The normalized spacial score (nSPS) is 16.7. The minimum Gasteiger partial charge on any atom is -0.479 e. The van der Waals surface area contributed by atoms with Gasteiger partial charge in [-0.05, 0) is 62.8 Å². The molecule has 1 amide bonds. The van der Waals surface area contributed by atoms with Gasteiger partial charge in [0.25, 0.3) is 5.91 Å². The number of thiophene rings is 1. The van der Waals surface area contributed by atoms with Crippen LogP contribution in [0.15, 0.2) is 18.2 Å². The van der Waals surface area contributed by atoms with Gasteiger partial charge < -0.3 is 14.8 Å². The molecular weight excluding hydrogens is 433 g/mol. The summed E-state index contributed by atoms with van der Waals surface area (Å²) in [6.45, 7) is 5.86. The standard InChI is InChI=1S/C21H23Cl2NO4S/c1-4-27-21(26)18-14-7-5-11(2)9-17(14)29-20(18)24-19(25)12(3)28-16-8-6-13(22)10-15(16)23/h6,8,10-12H,4-5,7,9H2,1-3H3,(H,24,25)/t11-,12-/m1/s1. The van der Waals surface area contributed by atoms with E-state index in [1.807, 2.05) is 0 Å². The number of halogens is 2. The summed E-state index contributed by atoms with van der Waals surface area (Å²) >= 11 is 13.5. The topological polar surface area (TPSA) is 64.6 Å². The van der Waals surface area contributed by atoms with Crippen molar-refractivity contribution >= 4 is 51.4 Å². The number of amides is 1. The van der Waals surface area contributed by atoms with Crippen LogP contribution in [0.2, 0.25) is 10.0 Å². The Balaban J connectivity index is 1.81. The average molecular weight is 456 g/mol. The summed E-state index contributed by atoms with van der Waals surface area (Å²) < 4.78 is 10.9. The van der Waals surface area contributed by atoms with Crippen molar-refractivity contribution in [3.63, 3.8) is 0 Å². The number of hydrogen-bond donors (Lipinski definition) is 1. The highest BCUT2D eigenvalue weighted by Gasteiger charge is 2.30. The lowest BCUT2D eigenvalue weighted by molar-refractivity contribution is -0.122. The quantitative estimate of drug-likeness (QED) is 0.561. The van der Waals surface area contributed by atoms with E-state index in [1.165, 1.54) is 11.3 Å². The smallest absolute Gasteiger partial charge is 0.341 e. The third kappa shape index (κ3) is 5.05. The number of fused-ring (bicyclic) bond motifs is 1. The van der Waals surface area contributed by atoms with Crippen molar-refractivity contribution < 1.29 is 19.1 Å². The van der Waals surface area contributed by atoms with Crippen molar-refractivity contribution in [1.29, 1.82) is 0 Å². The van der Waals surface area contributed by atoms with Crippen LogP contribution >= 0.6 is 34.5 Å². The molecule has 5 nitrogen and oxygen atoms in total. The van der Waals surface area contributed by atoms with Gasteiger partial charge in [-0.1, -0.05) is 30.1 Å². The number of esters is 1. The Hall–Kier alpha value is -1.76. The average Bonchev–Trinajstić information content (AvgIpc) is 3.00. The largest absolute Gasteiger partial charge is 0.479 e. The second-order valence-electron chi connectivity index (χ2n) is 7.10. The van der Waals surface area contributed by atoms with Crippen LogP contribution in [0.25, 0.3) is 0 Å². The summed E-state index contributed by atoms with van der Waals surface area (Å²) in [4.78, 5) is 26.5. The van der Waals surface area contributed by atoms with Gasteiger partial charge in [-0.2, -0.15) is 0 Å². The molecule has 29 heavy (non-hydrogen) atoms. The molecule has 0 bridgehead atoms. The van der Waals surface area contributed by atoms with Crippen LogP contribution < -0.4 is 10.1 Å². The van der Waals surface area contributed by atoms with Crippen molar-refractivity contribution in [2.24, 2.45) is 5.92 Å². The zero-order chi connectivity index (χ0) is 21.1. The Morgan fingerprint density at radius 3 is 2.79 bits per heavy atom. The highest BCUT2D eigenvalue weighted by atomic mass is 35.5. The van der Waals surface area contributed by atoms with Crippen LogP contribution in [-0.4, -0.2) is 24.6 Å². The van der Waals surface area contributed by atoms with Crippen molar-refractivity contribution in [1.82, 2.24) is 0 Å². The van der Waals surface area contributed by atoms with Crippen LogP contribution in [0, 0.1) is 5.92 Å². The predicted octanol–water partition coefficient (Wildman–Crippen LogP) is 5.76. The molecule has 1 aromatic heterocycles. The van der Waals surface area contributed by atoms with Crippen molar-refractivity contribution in [3.05, 3.63) is 44.2 Å². The predicted molar refractivity (Wildman–Crippen MR) is 117 cm³/mol. The Kier molecular flexibility index (Phi) is 7.09. The van der Waals surface area contributed by atoms with Gasteiger partial charge in [-0.3, -0.25) is 4.79 Å². The number of anilines is 1. The number of carbonyl (C=O) groups excluding carboxylic acids is 2. The van der Waals surface area contributed by atoms with Gasteiger partial charge in [0.1, 0.15) is 10.8 Å². The SMILES string of the molecule is CCOC(=O)c1c(NC(=O)[C@@H](C)Oc2ccc(Cl)cc2Cl)sc2c1CC[C@@H](C)C2. The summed E-state index contributed by atoms with van der Waals surface area (Å²) in [7, 11) is 0. The molecule has 0 saturated carbocycles. The van der Waals surface area contributed by atoms with Crippen LogP contribution in [0.4, 0.5) is 5.00 Å². The molecule has 0 saturated heterocycles. The van der Waals surface area contributed by atoms with Gasteiger partial charge in [0.2, 0.25) is 0 Å². The molecule has 0 aliphatic heterocycles. The lowest BCUT2D eigenvalue weighted by Crippen LogP contribution is -2.30. The van der Waals surface area contributed by atoms with E-state index in [0.29, 0.717) is 32.3 Å². The summed E-state index contributed by atoms with van der Waals surface area (Å²) in [5.41, 5.74) is 1.47. The molecule has 0 spiro atoms. The van der Waals surface area contributed by atoms with E-state index in [4.69, 9.17) is 32.7 Å². The van der Waals surface area contributed by atoms with E-state index in [0.717, 1.165) is 29.7 Å². The molecule has 1 heterocycles. The van der Waals surface area contributed by atoms with Gasteiger partial charge in [0, 0.05) is 9.90 Å². The van der Waals surface area contributed by atoms with Gasteiger partial charge in [0.15, 0.2) is 6.10 Å². The molecule has 8 heteroatoms. The van der Waals surface area contributed by atoms with E-state index in [2.05, 4.69) is 12.2 Å². The summed E-state index contributed by atoms with van der Waals surface area (Å²) in [6, 6.07) is 4.81. The third-order valence-electron chi connectivity index (χ3n) is 4.79. The lowest BCUT2D eigenvalue weighted by atomic mass is 9.88. The lowest BCUT2D eigenvalue weighted by Gasteiger charge is -2.18. The van der Waals surface area contributed by atoms with Crippen molar-refractivity contribution in [2.45, 2.75) is 46.1 Å². The first-order valence-corrected chi connectivity index (χ1v) is 11.1. The zero-order valence-electron chi connectivity index (χ0n) is 16.5. The van der Waals surface area contributed by atoms with E-state index in [9.17, 15) is 9.59 Å². The second kappa shape index (κ2) is 9.37. The summed E-state index contributed by atoms with van der Waals surface area (Å²) in [5.74, 6) is 0.148. The molecule has 0 radical (unpaired) electrons. The maximum absolute atomic E-state index is 12.8. The van der Waals surface area contributed by atoms with Gasteiger partial charge in [-0.15, -0.1) is 11.3 Å². The molecule has 2 atom stereocenters. The Labute approximate surface area is 184 Å². The van der Waals surface area contributed by atoms with Crippen molar-refractivity contribution in [3.8, 4) is 5.75 Å². The number of benzene rings is 1. The molecule has 2 aromatic rings. The Morgan fingerprint density at radius 1 is 1.34 bits per heavy atom. The van der Waals surface area contributed by atoms with E-state index in [1.54, 1.807) is 32.0 Å². The highest BCUT2D eigenvalue weighted by molar-refractivity contribution is 7.17. The number of ether oxygens (including phenoxy) is 2. The highest BCUT2D eigenvalue weighted by Crippen LogP contribution is 2.40. The van der Waals surface area contributed by atoms with Gasteiger partial charge in [0.05, 0.1) is 17.2 Å². The molecular formula is C21H23Cl2NO4S. The minimum absolute atomic E-state index is 0.280. The zero-order valence-corrected chi connectivity index (χ0v) is 18.8. The van der Waals surface area contributed by atoms with Crippen LogP contribution in [0.5, 0.6) is 5.75 Å². The Bertz CT molecular complexity index is 928. The number of carbonyl (C=O) groups is 2. The monoisotopic (exact) mass is 455 g/mol. The molecule has 1 aliphatic rings. The molecule has 1 aliphatic carbocycles. The fraction of sp³-hybridized carbons (Fsp3) is 0.429. The molecule has 0 fully saturated rings. The van der Waals surface area contributed by atoms with Gasteiger partial charge >= 0.3 is 5.97 Å². The molecule has 156 valence electrons. The van der Waals surface area contributed by atoms with Crippen LogP contribution in [0.1, 0.15) is 48.0 Å². The number of rotatable bonds is 6. The maximum atomic E-state index is 12.8. The molecule has 3 rings (SSSR count). The third-order valence-corrected chi connectivity index (χ3v) is 6.50. The fourth-order valence-corrected chi connectivity index (χ4v) is 5.14. The summed E-state index contributed by atoms with van der Waals surface area (Å²) in [6.07, 6.45) is 1.90. The van der Waals surface area contributed by atoms with E-state index in [-0.39, 0.29) is 12.5 Å². The number of hydrogen-bond acceptors (Lipinski definition) is 5. The fourth-order valence-electron chi connectivity index (χ4n) is 3.29. The minimum atomic E-state index is -0.818. The molecule has 0 unspecified atom stereocenters. The summed E-state index contributed by atoms with van der Waals surface area (Å²) in [5, 5.41) is 4.18. The number of nitrogens with one attached hydrogen (secondary N) is 1. The first kappa shape index (κ1) is 21.9. The second-order valence-corrected chi connectivity index (χ2v) is 9.05. The van der Waals surface area contributed by atoms with Crippen LogP contribution in [0.3, 0.4) is 0 Å². The van der Waals surface area contributed by atoms with E-state index < -0.39 is 12.1 Å². The maximum Gasteiger partial charge on any atom is 0.341 e. The van der Waals surface area contributed by atoms with Crippen LogP contribution in [-0.2, 0) is 22.4 Å². The Morgan fingerprint density at radius 2 is 2.10 bits per heavy atom. The molecule has 1 aromatic carbocycles.